The number of hydrogen-bond acceptors (Lipinski definition) is 3. The van der Waals surface area contributed by atoms with Crippen LogP contribution < -0.4 is 10.2 Å². The molecule has 0 unspecified atom stereocenters. The number of rotatable bonds is 3. The molecule has 3 aromatic rings. The molecule has 0 bridgehead atoms. The first kappa shape index (κ1) is 16.7. The van der Waals surface area contributed by atoms with Gasteiger partial charge in [0.15, 0.2) is 0 Å². The average Bonchev–Trinajstić information content (AvgIpc) is 2.99. The highest BCUT2D eigenvalue weighted by molar-refractivity contribution is 6.36. The summed E-state index contributed by atoms with van der Waals surface area (Å²) in [6, 6.07) is 9.82. The molecule has 6 heteroatoms. The van der Waals surface area contributed by atoms with E-state index in [1.807, 2.05) is 12.1 Å². The molecule has 0 aliphatic carbocycles. The molecule has 0 saturated carbocycles. The Morgan fingerprint density at radius 3 is 2.64 bits per heavy atom. The SMILES string of the molecule is CCc1c(-c2ccc(Cl)cc2Cl)nc2ccc(N3CCNCC3)cn12. The van der Waals surface area contributed by atoms with Crippen molar-refractivity contribution in [2.24, 2.45) is 0 Å². The van der Waals surface area contributed by atoms with Crippen LogP contribution in [-0.4, -0.2) is 35.6 Å². The molecule has 1 N–H and O–H groups in total. The summed E-state index contributed by atoms with van der Waals surface area (Å²) in [4.78, 5) is 7.24. The fraction of sp³-hybridized carbons (Fsp3) is 0.316. The minimum absolute atomic E-state index is 0.632. The summed E-state index contributed by atoms with van der Waals surface area (Å²) >= 11 is 12.5. The summed E-state index contributed by atoms with van der Waals surface area (Å²) in [7, 11) is 0. The highest BCUT2D eigenvalue weighted by Gasteiger charge is 2.17. The zero-order valence-corrected chi connectivity index (χ0v) is 15.6. The molecule has 1 aromatic carbocycles. The van der Waals surface area contributed by atoms with E-state index in [0.29, 0.717) is 10.0 Å². The minimum atomic E-state index is 0.632. The summed E-state index contributed by atoms with van der Waals surface area (Å²) in [5.74, 6) is 0. The predicted molar refractivity (Wildman–Crippen MR) is 105 cm³/mol. The van der Waals surface area contributed by atoms with Gasteiger partial charge in [0.25, 0.3) is 0 Å². The fourth-order valence-electron chi connectivity index (χ4n) is 3.43. The van der Waals surface area contributed by atoms with Gasteiger partial charge in [0.1, 0.15) is 5.65 Å². The molecule has 0 atom stereocenters. The molecule has 130 valence electrons. The lowest BCUT2D eigenvalue weighted by atomic mass is 10.1. The Balaban J connectivity index is 1.83. The van der Waals surface area contributed by atoms with Gasteiger partial charge >= 0.3 is 0 Å². The Bertz CT molecular complexity index is 913. The Morgan fingerprint density at radius 2 is 1.92 bits per heavy atom. The van der Waals surface area contributed by atoms with Crippen molar-refractivity contribution in [3.63, 3.8) is 0 Å². The van der Waals surface area contributed by atoms with Gasteiger partial charge in [-0.25, -0.2) is 4.98 Å². The van der Waals surface area contributed by atoms with Crippen LogP contribution in [0.5, 0.6) is 0 Å². The van der Waals surface area contributed by atoms with Gasteiger partial charge in [0, 0.05) is 43.0 Å². The van der Waals surface area contributed by atoms with Gasteiger partial charge in [-0.1, -0.05) is 30.1 Å². The standard InChI is InChI=1S/C19H20Cl2N4/c1-2-17-19(15-5-3-13(20)11-16(15)21)23-18-6-4-14(12-25(17)18)24-9-7-22-8-10-24/h3-6,11-12,22H,2,7-10H2,1H3. The molecule has 3 heterocycles. The Labute approximate surface area is 157 Å². The maximum atomic E-state index is 6.42. The number of aromatic nitrogens is 2. The Morgan fingerprint density at radius 1 is 1.12 bits per heavy atom. The van der Waals surface area contributed by atoms with E-state index in [-0.39, 0.29) is 0 Å². The van der Waals surface area contributed by atoms with Crippen molar-refractivity contribution in [1.29, 1.82) is 0 Å². The van der Waals surface area contributed by atoms with Gasteiger partial charge in [-0.2, -0.15) is 0 Å². The number of fused-ring (bicyclic) bond motifs is 1. The van der Waals surface area contributed by atoms with Crippen molar-refractivity contribution in [2.75, 3.05) is 31.1 Å². The second-order valence-corrected chi connectivity index (χ2v) is 7.08. The molecule has 25 heavy (non-hydrogen) atoms. The van der Waals surface area contributed by atoms with Crippen LogP contribution in [0.3, 0.4) is 0 Å². The zero-order chi connectivity index (χ0) is 17.4. The second kappa shape index (κ2) is 6.87. The normalized spacial score (nSPS) is 15.1. The van der Waals surface area contributed by atoms with E-state index in [1.165, 1.54) is 5.69 Å². The smallest absolute Gasteiger partial charge is 0.137 e. The molecule has 0 spiro atoms. The van der Waals surface area contributed by atoms with Crippen molar-refractivity contribution in [3.8, 4) is 11.3 Å². The van der Waals surface area contributed by atoms with Gasteiger partial charge in [-0.05, 0) is 36.8 Å². The molecule has 1 fully saturated rings. The molecular weight excluding hydrogens is 355 g/mol. The lowest BCUT2D eigenvalue weighted by molar-refractivity contribution is 0.588. The largest absolute Gasteiger partial charge is 0.368 e. The van der Waals surface area contributed by atoms with E-state index in [2.05, 4.69) is 39.9 Å². The molecular formula is C19H20Cl2N4. The second-order valence-electron chi connectivity index (χ2n) is 6.24. The van der Waals surface area contributed by atoms with Crippen molar-refractivity contribution in [3.05, 3.63) is 52.3 Å². The first-order valence-corrected chi connectivity index (χ1v) is 9.35. The highest BCUT2D eigenvalue weighted by atomic mass is 35.5. The number of benzene rings is 1. The van der Waals surface area contributed by atoms with Crippen LogP contribution in [-0.2, 0) is 6.42 Å². The third-order valence-electron chi connectivity index (χ3n) is 4.71. The van der Waals surface area contributed by atoms with E-state index in [9.17, 15) is 0 Å². The van der Waals surface area contributed by atoms with E-state index in [4.69, 9.17) is 28.2 Å². The van der Waals surface area contributed by atoms with Crippen molar-refractivity contribution in [2.45, 2.75) is 13.3 Å². The van der Waals surface area contributed by atoms with E-state index in [1.54, 1.807) is 6.07 Å². The Hall–Kier alpha value is -1.75. The number of piperazine rings is 1. The van der Waals surface area contributed by atoms with Crippen LogP contribution in [0.2, 0.25) is 10.0 Å². The fourth-order valence-corrected chi connectivity index (χ4v) is 3.93. The van der Waals surface area contributed by atoms with E-state index >= 15 is 0 Å². The lowest BCUT2D eigenvalue weighted by Crippen LogP contribution is -2.43. The van der Waals surface area contributed by atoms with Crippen molar-refractivity contribution < 1.29 is 0 Å². The van der Waals surface area contributed by atoms with Gasteiger partial charge in [-0.15, -0.1) is 0 Å². The summed E-state index contributed by atoms with van der Waals surface area (Å²) in [5.41, 5.74) is 5.19. The molecule has 1 aliphatic heterocycles. The molecule has 4 nitrogen and oxygen atoms in total. The first-order chi connectivity index (χ1) is 12.2. The van der Waals surface area contributed by atoms with Crippen LogP contribution in [0.25, 0.3) is 16.9 Å². The summed E-state index contributed by atoms with van der Waals surface area (Å²) < 4.78 is 2.19. The van der Waals surface area contributed by atoms with Crippen LogP contribution in [0, 0.1) is 0 Å². The number of anilines is 1. The molecule has 0 amide bonds. The third kappa shape index (κ3) is 3.10. The monoisotopic (exact) mass is 374 g/mol. The summed E-state index contributed by atoms with van der Waals surface area (Å²) in [6.07, 6.45) is 3.07. The Kier molecular flexibility index (Phi) is 4.59. The molecule has 2 aromatic heterocycles. The maximum Gasteiger partial charge on any atom is 0.137 e. The van der Waals surface area contributed by atoms with Crippen LogP contribution in [0.15, 0.2) is 36.5 Å². The van der Waals surface area contributed by atoms with E-state index < -0.39 is 0 Å². The summed E-state index contributed by atoms with van der Waals surface area (Å²) in [6.45, 7) is 6.24. The number of pyridine rings is 1. The first-order valence-electron chi connectivity index (χ1n) is 8.59. The quantitative estimate of drug-likeness (QED) is 0.742. The van der Waals surface area contributed by atoms with Crippen molar-refractivity contribution in [1.82, 2.24) is 14.7 Å². The minimum Gasteiger partial charge on any atom is -0.368 e. The van der Waals surface area contributed by atoms with Crippen molar-refractivity contribution >= 4 is 34.5 Å². The molecule has 0 radical (unpaired) electrons. The number of hydrogen-bond donors (Lipinski definition) is 1. The van der Waals surface area contributed by atoms with Crippen LogP contribution >= 0.6 is 23.2 Å². The number of nitrogens with one attached hydrogen (secondary N) is 1. The van der Waals surface area contributed by atoms with Gasteiger partial charge < -0.3 is 14.6 Å². The third-order valence-corrected chi connectivity index (χ3v) is 5.25. The number of nitrogens with zero attached hydrogens (tertiary/aromatic N) is 3. The van der Waals surface area contributed by atoms with Crippen LogP contribution in [0.1, 0.15) is 12.6 Å². The number of halogens is 2. The molecule has 4 rings (SSSR count). The average molecular weight is 375 g/mol. The van der Waals surface area contributed by atoms with E-state index in [0.717, 1.165) is 55.2 Å². The predicted octanol–water partition coefficient (Wildman–Crippen LogP) is 4.28. The summed E-state index contributed by atoms with van der Waals surface area (Å²) in [5, 5.41) is 4.66. The topological polar surface area (TPSA) is 32.6 Å². The molecule has 1 saturated heterocycles. The molecule has 1 aliphatic rings. The number of imidazole rings is 1. The lowest BCUT2D eigenvalue weighted by Gasteiger charge is -2.29. The van der Waals surface area contributed by atoms with Gasteiger partial charge in [0.2, 0.25) is 0 Å². The maximum absolute atomic E-state index is 6.42. The highest BCUT2D eigenvalue weighted by Crippen LogP contribution is 2.33. The number of aryl methyl sites for hydroxylation is 1. The van der Waals surface area contributed by atoms with Gasteiger partial charge in [0.05, 0.1) is 22.1 Å². The van der Waals surface area contributed by atoms with Gasteiger partial charge in [-0.3, -0.25) is 0 Å². The van der Waals surface area contributed by atoms with Crippen LogP contribution in [0.4, 0.5) is 5.69 Å². The zero-order valence-electron chi connectivity index (χ0n) is 14.1.